The molecule has 0 N–H and O–H groups in total. The quantitative estimate of drug-likeness (QED) is 0.727. The molecule has 1 heterocycles. The lowest BCUT2D eigenvalue weighted by Gasteiger charge is -2.13. The number of carboxylic acid groups (broad SMARTS) is 1. The molecule has 0 amide bonds. The molecule has 3 rings (SSSR count). The van der Waals surface area contributed by atoms with Crippen LogP contribution in [-0.2, 0) is 0 Å². The number of aryl methyl sites for hydroxylation is 2. The van der Waals surface area contributed by atoms with Crippen molar-refractivity contribution in [3.63, 3.8) is 0 Å². The van der Waals surface area contributed by atoms with Gasteiger partial charge in [-0.05, 0) is 43.7 Å². The molecule has 0 aliphatic rings. The van der Waals surface area contributed by atoms with E-state index in [-0.39, 0.29) is 5.56 Å². The van der Waals surface area contributed by atoms with Crippen LogP contribution in [0.15, 0.2) is 42.5 Å². The molecule has 1 aromatic heterocycles. The van der Waals surface area contributed by atoms with Crippen molar-refractivity contribution in [1.29, 1.82) is 0 Å². The van der Waals surface area contributed by atoms with Crippen molar-refractivity contribution in [2.75, 3.05) is 0 Å². The summed E-state index contributed by atoms with van der Waals surface area (Å²) in [6, 6.07) is 12.5. The molecule has 22 heavy (non-hydrogen) atoms. The number of aromatic carboxylic acids is 1. The fourth-order valence-corrected chi connectivity index (χ4v) is 2.74. The van der Waals surface area contributed by atoms with Gasteiger partial charge in [0.15, 0.2) is 0 Å². The highest BCUT2D eigenvalue weighted by atomic mass is 35.5. The average molecular weight is 311 g/mol. The summed E-state index contributed by atoms with van der Waals surface area (Å²) >= 11 is 5.89. The van der Waals surface area contributed by atoms with Crippen molar-refractivity contribution in [1.82, 2.24) is 4.98 Å². The Labute approximate surface area is 133 Å². The van der Waals surface area contributed by atoms with Crippen LogP contribution in [0, 0.1) is 13.8 Å². The summed E-state index contributed by atoms with van der Waals surface area (Å²) in [6.07, 6.45) is 0. The topological polar surface area (TPSA) is 53.0 Å². The molecule has 4 heteroatoms. The van der Waals surface area contributed by atoms with E-state index < -0.39 is 5.97 Å². The number of nitrogens with zero attached hydrogens (tertiary/aromatic N) is 1. The molecule has 0 aliphatic carbocycles. The first-order valence-electron chi connectivity index (χ1n) is 6.85. The van der Waals surface area contributed by atoms with E-state index in [2.05, 4.69) is 4.98 Å². The Balaban J connectivity index is 2.34. The first kappa shape index (κ1) is 14.5. The van der Waals surface area contributed by atoms with Gasteiger partial charge in [-0.15, -0.1) is 0 Å². The minimum Gasteiger partial charge on any atom is -0.545 e. The Kier molecular flexibility index (Phi) is 3.59. The van der Waals surface area contributed by atoms with E-state index in [0.29, 0.717) is 21.6 Å². The zero-order valence-corrected chi connectivity index (χ0v) is 12.9. The van der Waals surface area contributed by atoms with Gasteiger partial charge < -0.3 is 9.90 Å². The summed E-state index contributed by atoms with van der Waals surface area (Å²) < 4.78 is 0. The Bertz CT molecular complexity index is 886. The highest BCUT2D eigenvalue weighted by Gasteiger charge is 2.11. The minimum atomic E-state index is -1.20. The van der Waals surface area contributed by atoms with Gasteiger partial charge in [0, 0.05) is 21.5 Å². The van der Waals surface area contributed by atoms with Crippen molar-refractivity contribution < 1.29 is 9.90 Å². The van der Waals surface area contributed by atoms with E-state index >= 15 is 0 Å². The molecule has 0 unspecified atom stereocenters. The van der Waals surface area contributed by atoms with E-state index in [1.165, 1.54) is 0 Å². The van der Waals surface area contributed by atoms with E-state index in [1.54, 1.807) is 18.2 Å². The highest BCUT2D eigenvalue weighted by Crippen LogP contribution is 2.28. The maximum absolute atomic E-state index is 11.5. The van der Waals surface area contributed by atoms with Crippen LogP contribution in [-0.4, -0.2) is 11.0 Å². The molecule has 0 bridgehead atoms. The Morgan fingerprint density at radius 2 is 1.77 bits per heavy atom. The Hall–Kier alpha value is -2.39. The fourth-order valence-electron chi connectivity index (χ4n) is 2.62. The number of rotatable bonds is 2. The summed E-state index contributed by atoms with van der Waals surface area (Å²) in [5.74, 6) is -1.20. The molecule has 3 nitrogen and oxygen atoms in total. The third kappa shape index (κ3) is 2.55. The van der Waals surface area contributed by atoms with Gasteiger partial charge in [-0.2, -0.15) is 0 Å². The average Bonchev–Trinajstić information content (AvgIpc) is 2.47. The monoisotopic (exact) mass is 310 g/mol. The van der Waals surface area contributed by atoms with Gasteiger partial charge >= 0.3 is 0 Å². The molecule has 0 atom stereocenters. The van der Waals surface area contributed by atoms with Crippen LogP contribution in [0.4, 0.5) is 0 Å². The first-order chi connectivity index (χ1) is 10.5. The maximum atomic E-state index is 11.5. The highest BCUT2D eigenvalue weighted by molar-refractivity contribution is 6.30. The molecular formula is C18H13ClNO2-. The number of aromatic nitrogens is 1. The largest absolute Gasteiger partial charge is 0.545 e. The first-order valence-corrected chi connectivity index (χ1v) is 7.23. The number of fused-ring (bicyclic) bond motifs is 1. The summed E-state index contributed by atoms with van der Waals surface area (Å²) in [4.78, 5) is 16.1. The number of carbonyl (C=O) groups excluding carboxylic acids is 1. The van der Waals surface area contributed by atoms with Crippen molar-refractivity contribution in [2.24, 2.45) is 0 Å². The number of carbonyl (C=O) groups is 1. The number of halogens is 1. The number of pyridine rings is 1. The van der Waals surface area contributed by atoms with E-state index in [1.807, 2.05) is 38.1 Å². The fraction of sp³-hybridized carbons (Fsp3) is 0.111. The van der Waals surface area contributed by atoms with Gasteiger partial charge in [0.25, 0.3) is 0 Å². The molecule has 2 aromatic carbocycles. The van der Waals surface area contributed by atoms with Crippen LogP contribution < -0.4 is 5.11 Å². The standard InChI is InChI=1S/C18H14ClNO2/c1-10-7-11(2)17-14(8-10)15(18(21)22)9-16(20-17)12-3-5-13(19)6-4-12/h3-9H,1-2H3,(H,21,22)/p-1. The molecule has 0 fully saturated rings. The number of hydrogen-bond acceptors (Lipinski definition) is 3. The van der Waals surface area contributed by atoms with E-state index in [0.717, 1.165) is 16.7 Å². The zero-order chi connectivity index (χ0) is 15.9. The number of benzene rings is 2. The number of hydrogen-bond donors (Lipinski definition) is 0. The lowest BCUT2D eigenvalue weighted by Crippen LogP contribution is -2.23. The summed E-state index contributed by atoms with van der Waals surface area (Å²) in [6.45, 7) is 3.85. The van der Waals surface area contributed by atoms with Crippen molar-refractivity contribution >= 4 is 28.5 Å². The van der Waals surface area contributed by atoms with Gasteiger partial charge in [-0.25, -0.2) is 4.98 Å². The van der Waals surface area contributed by atoms with Crippen molar-refractivity contribution in [2.45, 2.75) is 13.8 Å². The SMILES string of the molecule is Cc1cc(C)c2nc(-c3ccc(Cl)cc3)cc(C(=O)[O-])c2c1. The minimum absolute atomic E-state index is 0.154. The van der Waals surface area contributed by atoms with Crippen molar-refractivity contribution in [3.8, 4) is 11.3 Å². The van der Waals surface area contributed by atoms with Gasteiger partial charge in [-0.3, -0.25) is 0 Å². The molecular weight excluding hydrogens is 298 g/mol. The van der Waals surface area contributed by atoms with Crippen LogP contribution in [0.1, 0.15) is 21.5 Å². The second kappa shape index (κ2) is 5.43. The van der Waals surface area contributed by atoms with E-state index in [4.69, 9.17) is 11.6 Å². The molecule has 0 saturated carbocycles. The Morgan fingerprint density at radius 3 is 2.41 bits per heavy atom. The van der Waals surface area contributed by atoms with Crippen molar-refractivity contribution in [3.05, 3.63) is 64.2 Å². The summed E-state index contributed by atoms with van der Waals surface area (Å²) in [7, 11) is 0. The zero-order valence-electron chi connectivity index (χ0n) is 12.2. The number of carboxylic acids is 1. The predicted molar refractivity (Wildman–Crippen MR) is 86.0 cm³/mol. The lowest BCUT2D eigenvalue weighted by atomic mass is 10.00. The summed E-state index contributed by atoms with van der Waals surface area (Å²) in [5, 5.41) is 12.7. The molecule has 110 valence electrons. The molecule has 0 spiro atoms. The third-order valence-electron chi connectivity index (χ3n) is 3.61. The van der Waals surface area contributed by atoms with Gasteiger partial charge in [-0.1, -0.05) is 35.4 Å². The van der Waals surface area contributed by atoms with E-state index in [9.17, 15) is 9.90 Å². The molecule has 0 aliphatic heterocycles. The third-order valence-corrected chi connectivity index (χ3v) is 3.86. The maximum Gasteiger partial charge on any atom is 0.0745 e. The molecule has 3 aromatic rings. The summed E-state index contributed by atoms with van der Waals surface area (Å²) in [5.41, 5.74) is 4.17. The van der Waals surface area contributed by atoms with Crippen LogP contribution in [0.5, 0.6) is 0 Å². The van der Waals surface area contributed by atoms with Crippen LogP contribution in [0.3, 0.4) is 0 Å². The predicted octanol–water partition coefficient (Wildman–Crippen LogP) is 3.54. The second-order valence-electron chi connectivity index (χ2n) is 5.33. The van der Waals surface area contributed by atoms with Gasteiger partial charge in [0.2, 0.25) is 0 Å². The van der Waals surface area contributed by atoms with Gasteiger partial charge in [0.1, 0.15) is 0 Å². The van der Waals surface area contributed by atoms with Crippen LogP contribution >= 0.6 is 11.6 Å². The Morgan fingerprint density at radius 1 is 1.09 bits per heavy atom. The lowest BCUT2D eigenvalue weighted by molar-refractivity contribution is -0.254. The van der Waals surface area contributed by atoms with Gasteiger partial charge in [0.05, 0.1) is 17.2 Å². The normalized spacial score (nSPS) is 10.9. The second-order valence-corrected chi connectivity index (χ2v) is 5.76. The molecule has 0 radical (unpaired) electrons. The molecule has 0 saturated heterocycles. The van der Waals surface area contributed by atoms with Crippen LogP contribution in [0.25, 0.3) is 22.2 Å². The van der Waals surface area contributed by atoms with Crippen LogP contribution in [0.2, 0.25) is 5.02 Å². The smallest absolute Gasteiger partial charge is 0.0745 e.